The molecule has 88 valence electrons. The number of rotatable bonds is 1. The first-order valence-electron chi connectivity index (χ1n) is 5.55. The molecule has 1 unspecified atom stereocenters. The zero-order chi connectivity index (χ0) is 11.7. The van der Waals surface area contributed by atoms with Crippen molar-refractivity contribution >= 4 is 5.91 Å². The number of nitrogens with zero attached hydrogens (tertiary/aromatic N) is 2. The van der Waals surface area contributed by atoms with Gasteiger partial charge in [0.15, 0.2) is 5.89 Å². The topological polar surface area (TPSA) is 58.4 Å². The van der Waals surface area contributed by atoms with Crippen molar-refractivity contribution < 1.29 is 9.21 Å². The number of carbonyl (C=O) groups is 1. The lowest BCUT2D eigenvalue weighted by Crippen LogP contribution is -2.52. The molecule has 16 heavy (non-hydrogen) atoms. The molecule has 2 rings (SSSR count). The van der Waals surface area contributed by atoms with Gasteiger partial charge in [-0.1, -0.05) is 0 Å². The van der Waals surface area contributed by atoms with Gasteiger partial charge in [0.25, 0.3) is 5.91 Å². The molecule has 5 heteroatoms. The molecular formula is C11H17N3O2. The Kier molecular flexibility index (Phi) is 2.96. The summed E-state index contributed by atoms with van der Waals surface area (Å²) < 4.78 is 5.35. The Labute approximate surface area is 94.8 Å². The van der Waals surface area contributed by atoms with Crippen molar-refractivity contribution in [2.45, 2.75) is 26.8 Å². The van der Waals surface area contributed by atoms with E-state index in [0.717, 1.165) is 19.6 Å². The first-order valence-corrected chi connectivity index (χ1v) is 5.55. The van der Waals surface area contributed by atoms with E-state index in [1.807, 2.05) is 11.8 Å². The largest absolute Gasteiger partial charge is 0.436 e. The van der Waals surface area contributed by atoms with Gasteiger partial charge in [-0.15, -0.1) is 0 Å². The fourth-order valence-electron chi connectivity index (χ4n) is 2.00. The monoisotopic (exact) mass is 223 g/mol. The first kappa shape index (κ1) is 11.1. The molecule has 1 fully saturated rings. The van der Waals surface area contributed by atoms with Crippen LogP contribution in [0.1, 0.15) is 29.1 Å². The maximum absolute atomic E-state index is 12.2. The maximum atomic E-state index is 12.2. The molecule has 2 heterocycles. The average Bonchev–Trinajstić information content (AvgIpc) is 2.58. The smallest absolute Gasteiger partial charge is 0.291 e. The van der Waals surface area contributed by atoms with Gasteiger partial charge in [-0.05, 0) is 13.8 Å². The van der Waals surface area contributed by atoms with Crippen molar-refractivity contribution in [1.29, 1.82) is 0 Å². The second-order valence-electron chi connectivity index (χ2n) is 4.20. The third-order valence-corrected chi connectivity index (χ3v) is 2.86. The van der Waals surface area contributed by atoms with Crippen LogP contribution in [0.4, 0.5) is 0 Å². The summed E-state index contributed by atoms with van der Waals surface area (Å²) in [4.78, 5) is 18.2. The van der Waals surface area contributed by atoms with E-state index in [1.54, 1.807) is 13.8 Å². The minimum absolute atomic E-state index is 0.0490. The Bertz CT molecular complexity index is 400. The van der Waals surface area contributed by atoms with Crippen molar-refractivity contribution in [1.82, 2.24) is 15.2 Å². The van der Waals surface area contributed by atoms with Gasteiger partial charge in [-0.2, -0.15) is 0 Å². The van der Waals surface area contributed by atoms with Crippen molar-refractivity contribution in [3.05, 3.63) is 17.3 Å². The Morgan fingerprint density at radius 2 is 2.31 bits per heavy atom. The number of aryl methyl sites for hydroxylation is 2. The summed E-state index contributed by atoms with van der Waals surface area (Å²) in [5.74, 6) is 0.877. The zero-order valence-electron chi connectivity index (χ0n) is 9.91. The van der Waals surface area contributed by atoms with Crippen LogP contribution in [0.2, 0.25) is 0 Å². The molecule has 1 aliphatic heterocycles. The molecule has 1 saturated heterocycles. The van der Waals surface area contributed by atoms with E-state index < -0.39 is 0 Å². The number of hydrogen-bond acceptors (Lipinski definition) is 4. The lowest BCUT2D eigenvalue weighted by molar-refractivity contribution is 0.0620. The summed E-state index contributed by atoms with van der Waals surface area (Å²) in [5.41, 5.74) is 0.674. The number of amides is 1. The van der Waals surface area contributed by atoms with Gasteiger partial charge in [-0.25, -0.2) is 4.98 Å². The maximum Gasteiger partial charge on any atom is 0.291 e. The lowest BCUT2D eigenvalue weighted by Gasteiger charge is -2.33. The molecule has 1 aromatic heterocycles. The van der Waals surface area contributed by atoms with Crippen LogP contribution < -0.4 is 5.32 Å². The normalized spacial score (nSPS) is 21.2. The van der Waals surface area contributed by atoms with E-state index in [2.05, 4.69) is 10.3 Å². The highest BCUT2D eigenvalue weighted by Gasteiger charge is 2.27. The van der Waals surface area contributed by atoms with Gasteiger partial charge in [0, 0.05) is 32.6 Å². The highest BCUT2D eigenvalue weighted by molar-refractivity contribution is 5.92. The summed E-state index contributed by atoms with van der Waals surface area (Å²) >= 11 is 0. The van der Waals surface area contributed by atoms with Crippen LogP contribution in [0.25, 0.3) is 0 Å². The molecule has 1 N–H and O–H groups in total. The SMILES string of the molecule is Cc1nc(C)c(C(=O)N2CCNCC2C)o1. The molecule has 0 saturated carbocycles. The fraction of sp³-hybridized carbons (Fsp3) is 0.636. The quantitative estimate of drug-likeness (QED) is 0.762. The van der Waals surface area contributed by atoms with Gasteiger partial charge in [-0.3, -0.25) is 4.79 Å². The highest BCUT2D eigenvalue weighted by Crippen LogP contribution is 2.15. The Morgan fingerprint density at radius 1 is 1.56 bits per heavy atom. The predicted molar refractivity (Wildman–Crippen MR) is 59.3 cm³/mol. The van der Waals surface area contributed by atoms with Crippen LogP contribution in [-0.2, 0) is 0 Å². The molecular weight excluding hydrogens is 206 g/mol. The first-order chi connectivity index (χ1) is 7.59. The number of carbonyl (C=O) groups excluding carboxylic acids is 1. The molecule has 1 amide bonds. The van der Waals surface area contributed by atoms with Crippen LogP contribution >= 0.6 is 0 Å². The Hall–Kier alpha value is -1.36. The third-order valence-electron chi connectivity index (χ3n) is 2.86. The number of aromatic nitrogens is 1. The Morgan fingerprint density at radius 3 is 2.88 bits per heavy atom. The van der Waals surface area contributed by atoms with Crippen LogP contribution in [0.15, 0.2) is 4.42 Å². The van der Waals surface area contributed by atoms with Crippen LogP contribution in [0, 0.1) is 13.8 Å². The molecule has 0 aliphatic carbocycles. The fourth-order valence-corrected chi connectivity index (χ4v) is 2.00. The number of piperazine rings is 1. The summed E-state index contributed by atoms with van der Waals surface area (Å²) in [6, 6.07) is 0.200. The molecule has 0 radical (unpaired) electrons. The standard InChI is InChI=1S/C11H17N3O2/c1-7-6-12-4-5-14(7)11(15)10-8(2)13-9(3)16-10/h7,12H,4-6H2,1-3H3. The molecule has 5 nitrogen and oxygen atoms in total. The lowest BCUT2D eigenvalue weighted by atomic mass is 10.2. The molecule has 1 aliphatic rings. The summed E-state index contributed by atoms with van der Waals surface area (Å²) in [6.45, 7) is 7.98. The van der Waals surface area contributed by atoms with Crippen molar-refractivity contribution in [3.63, 3.8) is 0 Å². The average molecular weight is 223 g/mol. The molecule has 0 aromatic carbocycles. The van der Waals surface area contributed by atoms with Crippen molar-refractivity contribution in [2.75, 3.05) is 19.6 Å². The highest BCUT2D eigenvalue weighted by atomic mass is 16.4. The van der Waals surface area contributed by atoms with Gasteiger partial charge < -0.3 is 14.6 Å². The molecule has 1 aromatic rings. The second kappa shape index (κ2) is 4.25. The number of oxazole rings is 1. The van der Waals surface area contributed by atoms with Crippen LogP contribution in [0.3, 0.4) is 0 Å². The third kappa shape index (κ3) is 1.95. The summed E-state index contributed by atoms with van der Waals surface area (Å²) in [7, 11) is 0. The summed E-state index contributed by atoms with van der Waals surface area (Å²) in [6.07, 6.45) is 0. The van der Waals surface area contributed by atoms with Crippen molar-refractivity contribution in [2.24, 2.45) is 0 Å². The number of hydrogen-bond donors (Lipinski definition) is 1. The van der Waals surface area contributed by atoms with Gasteiger partial charge in [0.05, 0.1) is 5.69 Å². The van der Waals surface area contributed by atoms with E-state index >= 15 is 0 Å². The number of nitrogens with one attached hydrogen (secondary N) is 1. The molecule has 1 atom stereocenters. The minimum Gasteiger partial charge on any atom is -0.436 e. The van der Waals surface area contributed by atoms with E-state index in [-0.39, 0.29) is 11.9 Å². The molecule has 0 spiro atoms. The zero-order valence-corrected chi connectivity index (χ0v) is 9.91. The molecule has 0 bridgehead atoms. The van der Waals surface area contributed by atoms with Gasteiger partial charge in [0.2, 0.25) is 5.76 Å². The minimum atomic E-state index is -0.0490. The van der Waals surface area contributed by atoms with Gasteiger partial charge >= 0.3 is 0 Å². The van der Waals surface area contributed by atoms with Crippen LogP contribution in [0.5, 0.6) is 0 Å². The second-order valence-corrected chi connectivity index (χ2v) is 4.20. The van der Waals surface area contributed by atoms with Gasteiger partial charge in [0.1, 0.15) is 0 Å². The predicted octanol–water partition coefficient (Wildman–Crippen LogP) is 0.725. The van der Waals surface area contributed by atoms with E-state index in [4.69, 9.17) is 4.42 Å². The van der Waals surface area contributed by atoms with Crippen LogP contribution in [-0.4, -0.2) is 41.5 Å². The van der Waals surface area contributed by atoms with E-state index in [9.17, 15) is 4.79 Å². The van der Waals surface area contributed by atoms with E-state index in [0.29, 0.717) is 17.3 Å². The summed E-state index contributed by atoms with van der Waals surface area (Å²) in [5, 5.41) is 3.25. The Balaban J connectivity index is 2.21. The van der Waals surface area contributed by atoms with E-state index in [1.165, 1.54) is 0 Å². The van der Waals surface area contributed by atoms with Crippen molar-refractivity contribution in [3.8, 4) is 0 Å².